The van der Waals surface area contributed by atoms with Crippen LogP contribution in [0.15, 0.2) is 0 Å². The van der Waals surface area contributed by atoms with Crippen molar-refractivity contribution in [3.8, 4) is 0 Å². The van der Waals surface area contributed by atoms with Gasteiger partial charge in [-0.15, -0.1) is 0 Å². The van der Waals surface area contributed by atoms with Gasteiger partial charge in [0, 0.05) is 14.0 Å². The van der Waals surface area contributed by atoms with Gasteiger partial charge < -0.3 is 29.9 Å². The number of hydrogen-bond donors (Lipinski definition) is 4. The Kier molecular flexibility index (Phi) is 4.97. The summed E-state index contributed by atoms with van der Waals surface area (Å²) < 4.78 is 8.53. The van der Waals surface area contributed by atoms with Crippen LogP contribution in [0.2, 0.25) is 0 Å². The van der Waals surface area contributed by atoms with E-state index in [0.717, 1.165) is 14.0 Å². The van der Waals surface area contributed by atoms with Gasteiger partial charge >= 0.3 is 5.97 Å². The van der Waals surface area contributed by atoms with Crippen molar-refractivity contribution in [3.05, 3.63) is 0 Å². The quantitative estimate of drug-likeness (QED) is 0.286. The summed E-state index contributed by atoms with van der Waals surface area (Å²) in [6, 6.07) is 0. The molecule has 8 heteroatoms. The fourth-order valence-corrected chi connectivity index (χ4v) is 1.04. The molecule has 0 aliphatic rings. The minimum absolute atomic E-state index is 0.831. The van der Waals surface area contributed by atoms with E-state index in [-0.39, 0.29) is 0 Å². The number of Topliss-reactive ketones (excluding diaryl/α,β-unsaturated/α-hetero) is 1. The summed E-state index contributed by atoms with van der Waals surface area (Å²) in [6.45, 7) is -1.57. The van der Waals surface area contributed by atoms with E-state index >= 15 is 0 Å². The highest BCUT2D eigenvalue weighted by Crippen LogP contribution is 2.26. The van der Waals surface area contributed by atoms with E-state index in [2.05, 4.69) is 9.47 Å². The molecule has 0 aromatic rings. The van der Waals surface area contributed by atoms with Gasteiger partial charge in [-0.25, -0.2) is 0 Å². The van der Waals surface area contributed by atoms with Gasteiger partial charge in [-0.2, -0.15) is 0 Å². The maximum absolute atomic E-state index is 11.2. The summed E-state index contributed by atoms with van der Waals surface area (Å²) >= 11 is 0. The Morgan fingerprint density at radius 3 is 2.00 bits per heavy atom. The third kappa shape index (κ3) is 2.54. The topological polar surface area (TPSA) is 134 Å². The lowest BCUT2D eigenvalue weighted by Gasteiger charge is -2.37. The largest absolute Gasteiger partial charge is 0.424 e. The maximum atomic E-state index is 11.2. The molecule has 0 aromatic carbocycles. The van der Waals surface area contributed by atoms with Crippen LogP contribution < -0.4 is 0 Å². The van der Waals surface area contributed by atoms with Crippen molar-refractivity contribution in [3.63, 3.8) is 0 Å². The summed E-state index contributed by atoms with van der Waals surface area (Å²) in [7, 11) is 0.831. The molecule has 0 unspecified atom stereocenters. The first kappa shape index (κ1) is 14.9. The first-order chi connectivity index (χ1) is 7.27. The molecule has 0 rings (SSSR count). The highest BCUT2D eigenvalue weighted by molar-refractivity contribution is 5.88. The Morgan fingerprint density at radius 1 is 1.25 bits per heavy atom. The second-order valence-electron chi connectivity index (χ2n) is 2.97. The Bertz CT molecular complexity index is 277. The monoisotopic (exact) mass is 238 g/mol. The van der Waals surface area contributed by atoms with Crippen LogP contribution in [0.4, 0.5) is 0 Å². The molecular formula is C8H14O8. The van der Waals surface area contributed by atoms with Crippen LogP contribution in [0.1, 0.15) is 6.92 Å². The van der Waals surface area contributed by atoms with Gasteiger partial charge in [0.15, 0.2) is 0 Å². The maximum Gasteiger partial charge on any atom is 0.305 e. The molecule has 0 amide bonds. The number of methoxy groups -OCH3 is 1. The van der Waals surface area contributed by atoms with Gasteiger partial charge in [-0.1, -0.05) is 0 Å². The molecule has 0 fully saturated rings. The molecule has 0 saturated heterocycles. The lowest BCUT2D eigenvalue weighted by atomic mass is 10.0. The molecule has 94 valence electrons. The number of aliphatic hydroxyl groups is 4. The molecule has 0 aliphatic heterocycles. The van der Waals surface area contributed by atoms with Gasteiger partial charge in [0.2, 0.25) is 5.78 Å². The van der Waals surface area contributed by atoms with E-state index in [1.165, 1.54) is 0 Å². The third-order valence-electron chi connectivity index (χ3n) is 1.87. The zero-order valence-corrected chi connectivity index (χ0v) is 8.84. The zero-order chi connectivity index (χ0) is 13.0. The van der Waals surface area contributed by atoms with Crippen molar-refractivity contribution >= 4 is 11.8 Å². The van der Waals surface area contributed by atoms with Crippen molar-refractivity contribution in [2.75, 3.05) is 20.3 Å². The minimum Gasteiger partial charge on any atom is -0.424 e. The summed E-state index contributed by atoms with van der Waals surface area (Å²) in [6.07, 6.45) is 0. The minimum atomic E-state index is -3.04. The number of carbonyl (C=O) groups excluding carboxylic acids is 2. The number of ether oxygens (including phenoxy) is 2. The molecule has 8 nitrogen and oxygen atoms in total. The SMILES string of the molecule is CO[C@](O)(C(=O)CO)[C@@](O)(CO)OC(C)=O. The standard InChI is InChI=1S/C8H14O8/c1-5(11)16-7(13,4-10)8(14,15-2)6(12)3-9/h9-10,13-14H,3-4H2,1-2H3/t7-,8-/m1/s1. The number of hydrogen-bond acceptors (Lipinski definition) is 8. The molecule has 0 aromatic heterocycles. The number of carbonyl (C=O) groups is 2. The molecule has 0 heterocycles. The normalized spacial score (nSPS) is 18.4. The van der Waals surface area contributed by atoms with Crippen LogP contribution in [-0.2, 0) is 19.1 Å². The number of rotatable bonds is 6. The van der Waals surface area contributed by atoms with E-state index in [1.807, 2.05) is 0 Å². The molecule has 0 bridgehead atoms. The van der Waals surface area contributed by atoms with Crippen molar-refractivity contribution in [1.29, 1.82) is 0 Å². The Morgan fingerprint density at radius 2 is 1.75 bits per heavy atom. The van der Waals surface area contributed by atoms with Gasteiger partial charge in [0.25, 0.3) is 11.6 Å². The van der Waals surface area contributed by atoms with Crippen LogP contribution in [-0.4, -0.2) is 64.1 Å². The molecule has 2 atom stereocenters. The molecule has 16 heavy (non-hydrogen) atoms. The highest BCUT2D eigenvalue weighted by atomic mass is 16.7. The Labute approximate surface area is 91.0 Å². The molecule has 0 spiro atoms. The molecular weight excluding hydrogens is 224 g/mol. The fourth-order valence-electron chi connectivity index (χ4n) is 1.04. The average Bonchev–Trinajstić information content (AvgIpc) is 2.25. The van der Waals surface area contributed by atoms with E-state index < -0.39 is 36.5 Å². The predicted molar refractivity (Wildman–Crippen MR) is 47.9 cm³/mol. The summed E-state index contributed by atoms with van der Waals surface area (Å²) in [4.78, 5) is 21.8. The molecule has 0 radical (unpaired) electrons. The highest BCUT2D eigenvalue weighted by Gasteiger charge is 2.58. The third-order valence-corrected chi connectivity index (χ3v) is 1.87. The number of ketones is 1. The second-order valence-corrected chi connectivity index (χ2v) is 2.97. The Balaban J connectivity index is 5.30. The lowest BCUT2D eigenvalue weighted by molar-refractivity contribution is -0.356. The first-order valence-corrected chi connectivity index (χ1v) is 4.22. The van der Waals surface area contributed by atoms with Crippen LogP contribution in [0, 0.1) is 0 Å². The van der Waals surface area contributed by atoms with Crippen LogP contribution >= 0.6 is 0 Å². The van der Waals surface area contributed by atoms with Gasteiger partial charge in [0.05, 0.1) is 0 Å². The fraction of sp³-hybridized carbons (Fsp3) is 0.750. The van der Waals surface area contributed by atoms with E-state index in [9.17, 15) is 19.8 Å². The van der Waals surface area contributed by atoms with Crippen molar-refractivity contribution < 1.29 is 39.5 Å². The number of aliphatic hydroxyl groups excluding tert-OH is 2. The van der Waals surface area contributed by atoms with Crippen molar-refractivity contribution in [2.24, 2.45) is 0 Å². The van der Waals surface area contributed by atoms with Gasteiger partial charge in [0.1, 0.15) is 13.2 Å². The van der Waals surface area contributed by atoms with E-state index in [1.54, 1.807) is 0 Å². The van der Waals surface area contributed by atoms with Crippen LogP contribution in [0.25, 0.3) is 0 Å². The summed E-state index contributed by atoms with van der Waals surface area (Å²) in [5, 5.41) is 36.7. The predicted octanol–water partition coefficient (Wildman–Crippen LogP) is -2.87. The van der Waals surface area contributed by atoms with Crippen molar-refractivity contribution in [1.82, 2.24) is 0 Å². The second kappa shape index (κ2) is 5.32. The zero-order valence-electron chi connectivity index (χ0n) is 8.84. The number of esters is 1. The van der Waals surface area contributed by atoms with Crippen LogP contribution in [0.5, 0.6) is 0 Å². The first-order valence-electron chi connectivity index (χ1n) is 4.22. The molecule has 0 aliphatic carbocycles. The van der Waals surface area contributed by atoms with E-state index in [4.69, 9.17) is 10.2 Å². The van der Waals surface area contributed by atoms with Gasteiger partial charge in [-0.3, -0.25) is 9.59 Å². The smallest absolute Gasteiger partial charge is 0.305 e. The average molecular weight is 238 g/mol. The lowest BCUT2D eigenvalue weighted by Crippen LogP contribution is -2.65. The summed E-state index contributed by atoms with van der Waals surface area (Å²) in [5.41, 5.74) is 0. The molecule has 0 saturated carbocycles. The van der Waals surface area contributed by atoms with Crippen LogP contribution in [0.3, 0.4) is 0 Å². The van der Waals surface area contributed by atoms with Crippen molar-refractivity contribution in [2.45, 2.75) is 18.5 Å². The van der Waals surface area contributed by atoms with E-state index in [0.29, 0.717) is 0 Å². The summed E-state index contributed by atoms with van der Waals surface area (Å²) in [5.74, 6) is -8.44. The molecule has 4 N–H and O–H groups in total. The Hall–Kier alpha value is -1.06. The van der Waals surface area contributed by atoms with Gasteiger partial charge in [-0.05, 0) is 0 Å².